The highest BCUT2D eigenvalue weighted by Gasteiger charge is 2.56. The highest BCUT2D eigenvalue weighted by Crippen LogP contribution is 2.35. The molecule has 24 heteroatoms. The summed E-state index contributed by atoms with van der Waals surface area (Å²) in [6.07, 6.45) is -12.5. The van der Waals surface area contributed by atoms with Crippen LogP contribution < -0.4 is 20.1 Å². The fourth-order valence-electron chi connectivity index (χ4n) is 9.61. The number of rotatable bonds is 30. The number of carbonyl (C=O) groups is 2. The van der Waals surface area contributed by atoms with Gasteiger partial charge < -0.3 is 109 Å². The van der Waals surface area contributed by atoms with E-state index in [4.69, 9.17) is 42.6 Å². The Bertz CT molecular complexity index is 1820. The molecule has 13 N–H and O–H groups in total. The van der Waals surface area contributed by atoms with Gasteiger partial charge in [0, 0.05) is 13.3 Å². The van der Waals surface area contributed by atoms with Crippen LogP contribution in [0.5, 0.6) is 11.5 Å². The number of unbranched alkanes of at least 4 members (excludes halogenated alkanes) is 11. The third kappa shape index (κ3) is 17.6. The Morgan fingerprint density at radius 3 is 1.43 bits per heavy atom. The minimum absolute atomic E-state index is 0.0684. The molecule has 1 aromatic rings. The van der Waals surface area contributed by atoms with Crippen molar-refractivity contribution in [1.82, 2.24) is 10.6 Å². The van der Waals surface area contributed by atoms with Crippen molar-refractivity contribution < 1.29 is 108 Å². The Morgan fingerprint density at radius 1 is 0.507 bits per heavy atom. The lowest BCUT2D eigenvalue weighted by Crippen LogP contribution is -2.69. The second-order valence-electron chi connectivity index (χ2n) is 19.6. The molecule has 2 amide bonds. The number of carbonyl (C=O) groups excluding carboxylic acids is 2. The molecule has 4 aliphatic rings. The fourth-order valence-corrected chi connectivity index (χ4v) is 9.61. The number of amides is 2. The summed E-state index contributed by atoms with van der Waals surface area (Å²) in [6.45, 7) is -0.00649. The third-order valence-corrected chi connectivity index (χ3v) is 13.9. The van der Waals surface area contributed by atoms with Gasteiger partial charge in [-0.2, -0.15) is 0 Å². The van der Waals surface area contributed by atoms with E-state index >= 15 is 0 Å². The van der Waals surface area contributed by atoms with Crippen LogP contribution in [0.4, 0.5) is 0 Å². The predicted octanol–water partition coefficient (Wildman–Crippen LogP) is -1.35. The van der Waals surface area contributed by atoms with Crippen molar-refractivity contribution in [3.05, 3.63) is 36.4 Å². The van der Waals surface area contributed by atoms with Gasteiger partial charge in [-0.05, 0) is 56.4 Å². The van der Waals surface area contributed by atoms with Crippen LogP contribution in [-0.4, -0.2) is 224 Å². The van der Waals surface area contributed by atoms with Crippen molar-refractivity contribution in [2.24, 2.45) is 0 Å². The number of hydrogen-bond acceptors (Lipinski definition) is 22. The lowest BCUT2D eigenvalue weighted by Gasteiger charge is -2.49. The number of ether oxygens (including phenoxy) is 9. The van der Waals surface area contributed by atoms with E-state index in [0.717, 1.165) is 51.4 Å². The van der Waals surface area contributed by atoms with E-state index in [0.29, 0.717) is 12.2 Å². The van der Waals surface area contributed by atoms with E-state index in [9.17, 15) is 65.8 Å². The number of aliphatic hydroxyl groups is 11. The number of hydrogen-bond donors (Lipinski definition) is 13. The molecule has 0 aromatic heterocycles. The average Bonchev–Trinajstić information content (AvgIpc) is 3.40. The van der Waals surface area contributed by atoms with Crippen molar-refractivity contribution >= 4 is 11.8 Å². The van der Waals surface area contributed by atoms with Crippen molar-refractivity contribution in [1.29, 1.82) is 0 Å². The molecule has 4 heterocycles. The number of aliphatic hydroxyl groups excluding tert-OH is 11. The number of benzene rings is 1. The Hall–Kier alpha value is -3.22. The Kier molecular flexibility index (Phi) is 26.7. The monoisotopic (exact) mass is 1080 g/mol. The van der Waals surface area contributed by atoms with Gasteiger partial charge in [-0.3, -0.25) is 9.59 Å². The first-order valence-corrected chi connectivity index (χ1v) is 26.4. The summed E-state index contributed by atoms with van der Waals surface area (Å²) in [5.74, 6) is -0.330. The molecule has 4 saturated heterocycles. The molecule has 5 rings (SSSR count). The second kappa shape index (κ2) is 32.0. The molecule has 0 saturated carbocycles. The molecule has 20 atom stereocenters. The molecule has 1 aromatic carbocycles. The van der Waals surface area contributed by atoms with Crippen LogP contribution in [0.25, 0.3) is 0 Å². The molecule has 0 bridgehead atoms. The van der Waals surface area contributed by atoms with Gasteiger partial charge in [0.05, 0.1) is 33.5 Å². The minimum Gasteiger partial charge on any atom is -0.497 e. The van der Waals surface area contributed by atoms with Crippen LogP contribution in [0.2, 0.25) is 0 Å². The van der Waals surface area contributed by atoms with Crippen LogP contribution in [0.3, 0.4) is 0 Å². The van der Waals surface area contributed by atoms with Crippen LogP contribution in [0, 0.1) is 0 Å². The second-order valence-corrected chi connectivity index (χ2v) is 19.6. The van der Waals surface area contributed by atoms with Gasteiger partial charge in [0.1, 0.15) is 109 Å². The highest BCUT2D eigenvalue weighted by atomic mass is 16.8. The summed E-state index contributed by atoms with van der Waals surface area (Å²) in [5, 5.41) is 125. The van der Waals surface area contributed by atoms with Gasteiger partial charge in [-0.1, -0.05) is 70.4 Å². The van der Waals surface area contributed by atoms with E-state index in [1.807, 2.05) is 0 Å². The molecule has 0 radical (unpaired) electrons. The molecule has 0 unspecified atom stereocenters. The lowest BCUT2D eigenvalue weighted by atomic mass is 9.94. The van der Waals surface area contributed by atoms with Gasteiger partial charge >= 0.3 is 0 Å². The van der Waals surface area contributed by atoms with Crippen molar-refractivity contribution in [3.63, 3.8) is 0 Å². The summed E-state index contributed by atoms with van der Waals surface area (Å²) in [6, 6.07) is 3.49. The maximum atomic E-state index is 13.2. The van der Waals surface area contributed by atoms with Gasteiger partial charge in [0.25, 0.3) is 0 Å². The first-order valence-electron chi connectivity index (χ1n) is 26.4. The molecule has 0 spiro atoms. The van der Waals surface area contributed by atoms with Crippen LogP contribution >= 0.6 is 0 Å². The SMILES string of the molecule is CCCCCC/C=C\CCCCCCCCCC(=O)N[C@H]1[C@H](O[C@H]2[C@H](O)[C@@H](O)[C@H](O[C@H]3[C@H](O)[C@@H](O)[C@H](O[C@H]4[C@H](O)[C@@H](NC(C)=O)[C@H](Oc5ccc(OC)cc5)O[C@@H]4CO)O[C@@H]3CO)O[C@@H]2CO)O[C@H](CO)[C@@H](O)[C@@H]1O. The largest absolute Gasteiger partial charge is 0.497 e. The summed E-state index contributed by atoms with van der Waals surface area (Å²) < 4.78 is 52.1. The fraction of sp³-hybridized carbons (Fsp3) is 0.804. The zero-order valence-corrected chi connectivity index (χ0v) is 43.1. The van der Waals surface area contributed by atoms with Crippen molar-refractivity contribution in [2.75, 3.05) is 33.5 Å². The number of nitrogens with one attached hydrogen (secondary N) is 2. The smallest absolute Gasteiger partial charge is 0.223 e. The molecular weight excluding hydrogens is 993 g/mol. The highest BCUT2D eigenvalue weighted by molar-refractivity contribution is 5.76. The summed E-state index contributed by atoms with van der Waals surface area (Å²) in [5.41, 5.74) is 0. The van der Waals surface area contributed by atoms with Crippen LogP contribution in [0.15, 0.2) is 36.4 Å². The van der Waals surface area contributed by atoms with Crippen LogP contribution in [0.1, 0.15) is 104 Å². The predicted molar refractivity (Wildman–Crippen MR) is 262 cm³/mol. The minimum atomic E-state index is -2.06. The molecule has 4 aliphatic heterocycles. The molecule has 75 heavy (non-hydrogen) atoms. The molecule has 430 valence electrons. The van der Waals surface area contributed by atoms with Gasteiger partial charge in [-0.25, -0.2) is 0 Å². The standard InChI is InChI=1S/C51H84N2O22/c1-4-5-6-7-8-9-10-11-12-13-14-15-16-17-18-19-35(59)53-36-39(61)38(60)31(24-54)69-49(36)73-46-33(26-56)71-51(43(65)41(46)63)75-47-34(27-57)72-50(44(66)42(47)64)74-45-32(25-55)70-48(37(40(45)62)52-28(2)58)68-30-22-20-29(67-3)21-23-30/h9-10,20-23,31-34,36-51,54-57,60-66H,4-8,11-19,24-27H2,1-3H3,(H,52,58)(H,53,59)/b10-9-/t31-,32-,33-,34-,36-,37-,38-,39-,40-,41-,42-,43-,44-,45-,46-,47-,48-,49+,50+,51+/m1/s1. The number of methoxy groups -OCH3 is 1. The van der Waals surface area contributed by atoms with Crippen LogP contribution in [-0.2, 0) is 42.7 Å². The van der Waals surface area contributed by atoms with E-state index in [1.165, 1.54) is 39.7 Å². The van der Waals surface area contributed by atoms with E-state index in [-0.39, 0.29) is 12.2 Å². The Balaban J connectivity index is 1.15. The molecule has 24 nitrogen and oxygen atoms in total. The topological polar surface area (TPSA) is 364 Å². The normalized spacial score (nSPS) is 36.3. The summed E-state index contributed by atoms with van der Waals surface area (Å²) in [7, 11) is 1.47. The van der Waals surface area contributed by atoms with E-state index in [2.05, 4.69) is 29.7 Å². The van der Waals surface area contributed by atoms with Gasteiger partial charge in [0.15, 0.2) is 18.9 Å². The number of allylic oxidation sites excluding steroid dienone is 2. The van der Waals surface area contributed by atoms with Crippen molar-refractivity contribution in [3.8, 4) is 11.5 Å². The van der Waals surface area contributed by atoms with E-state index in [1.54, 1.807) is 24.3 Å². The molecule has 4 fully saturated rings. The average molecular weight is 1080 g/mol. The van der Waals surface area contributed by atoms with Gasteiger partial charge in [-0.15, -0.1) is 0 Å². The Labute approximate surface area is 437 Å². The summed E-state index contributed by atoms with van der Waals surface area (Å²) >= 11 is 0. The Morgan fingerprint density at radius 2 is 0.933 bits per heavy atom. The third-order valence-electron chi connectivity index (χ3n) is 13.9. The first-order chi connectivity index (χ1) is 36.1. The maximum absolute atomic E-state index is 13.2. The first kappa shape index (κ1) is 62.6. The molecular formula is C51H84N2O22. The van der Waals surface area contributed by atoms with Crippen molar-refractivity contribution in [2.45, 2.75) is 226 Å². The quantitative estimate of drug-likeness (QED) is 0.0313. The zero-order valence-electron chi connectivity index (χ0n) is 43.1. The van der Waals surface area contributed by atoms with Gasteiger partial charge in [0.2, 0.25) is 18.1 Å². The lowest BCUT2D eigenvalue weighted by molar-refractivity contribution is -0.382. The maximum Gasteiger partial charge on any atom is 0.223 e. The molecule has 0 aliphatic carbocycles. The van der Waals surface area contributed by atoms with E-state index < -0.39 is 161 Å². The summed E-state index contributed by atoms with van der Waals surface area (Å²) in [4.78, 5) is 25.4. The zero-order chi connectivity index (χ0) is 54.6.